The van der Waals surface area contributed by atoms with Crippen LogP contribution in [0, 0.1) is 5.92 Å². The Kier molecular flexibility index (Phi) is 4.77. The van der Waals surface area contributed by atoms with Gasteiger partial charge in [-0.2, -0.15) is 0 Å². The lowest BCUT2D eigenvalue weighted by Crippen LogP contribution is -2.50. The van der Waals surface area contributed by atoms with Crippen LogP contribution >= 0.6 is 0 Å². The summed E-state index contributed by atoms with van der Waals surface area (Å²) in [5.74, 6) is -0.196. The molecule has 1 aliphatic rings. The molecule has 0 aliphatic carbocycles. The summed E-state index contributed by atoms with van der Waals surface area (Å²) in [6.07, 6.45) is 1.69. The molecule has 1 aromatic rings. The lowest BCUT2D eigenvalue weighted by molar-refractivity contribution is -0.122. The third kappa shape index (κ3) is 4.31. The molecule has 5 nitrogen and oxygen atoms in total. The van der Waals surface area contributed by atoms with Crippen molar-refractivity contribution in [2.75, 3.05) is 6.54 Å². The van der Waals surface area contributed by atoms with Crippen molar-refractivity contribution in [1.29, 1.82) is 0 Å². The maximum atomic E-state index is 12.0. The molecule has 2 atom stereocenters. The highest BCUT2D eigenvalue weighted by Crippen LogP contribution is 2.15. The smallest absolute Gasteiger partial charge is 0.250 e. The lowest BCUT2D eigenvalue weighted by atomic mass is 9.94. The molecule has 0 spiro atoms. The van der Waals surface area contributed by atoms with Crippen LogP contribution in [0.4, 0.5) is 0 Å². The van der Waals surface area contributed by atoms with Gasteiger partial charge in [-0.15, -0.1) is 0 Å². The molecule has 0 unspecified atom stereocenters. The fourth-order valence-corrected chi connectivity index (χ4v) is 3.51. The first-order valence-electron chi connectivity index (χ1n) is 6.78. The van der Waals surface area contributed by atoms with Crippen LogP contribution < -0.4 is 10.0 Å². The van der Waals surface area contributed by atoms with Crippen molar-refractivity contribution in [1.82, 2.24) is 10.0 Å². The standard InChI is InChI=1S/C14H20N2O3S/c1-11-7-8-15-13(9-11)14(17)16-20(18,19)10-12-5-3-2-4-6-12/h2-6,11,13,15H,7-10H2,1H3,(H,16,17)/t11-,13-/m1/s1. The van der Waals surface area contributed by atoms with E-state index in [4.69, 9.17) is 0 Å². The Hall–Kier alpha value is -1.40. The Morgan fingerprint density at radius 2 is 2.05 bits per heavy atom. The van der Waals surface area contributed by atoms with E-state index in [1.165, 1.54) is 0 Å². The highest BCUT2D eigenvalue weighted by Gasteiger charge is 2.27. The van der Waals surface area contributed by atoms with Gasteiger partial charge in [0.2, 0.25) is 10.0 Å². The summed E-state index contributed by atoms with van der Waals surface area (Å²) in [6.45, 7) is 2.82. The van der Waals surface area contributed by atoms with Crippen LogP contribution in [0.2, 0.25) is 0 Å². The first kappa shape index (κ1) is 15.0. The second kappa shape index (κ2) is 6.37. The summed E-state index contributed by atoms with van der Waals surface area (Å²) in [7, 11) is -3.64. The maximum absolute atomic E-state index is 12.0. The predicted molar refractivity (Wildman–Crippen MR) is 77.4 cm³/mol. The fourth-order valence-electron chi connectivity index (χ4n) is 2.36. The van der Waals surface area contributed by atoms with Crippen LogP contribution in [0.3, 0.4) is 0 Å². The summed E-state index contributed by atoms with van der Waals surface area (Å²) in [6, 6.07) is 8.41. The van der Waals surface area contributed by atoms with Crippen molar-refractivity contribution in [2.45, 2.75) is 31.6 Å². The molecular formula is C14H20N2O3S. The van der Waals surface area contributed by atoms with Crippen molar-refractivity contribution in [3.63, 3.8) is 0 Å². The number of carbonyl (C=O) groups excluding carboxylic acids is 1. The van der Waals surface area contributed by atoms with Gasteiger partial charge in [-0.25, -0.2) is 8.42 Å². The third-order valence-corrected chi connectivity index (χ3v) is 4.66. The number of carbonyl (C=O) groups is 1. The average molecular weight is 296 g/mol. The molecule has 6 heteroatoms. The van der Waals surface area contributed by atoms with Gasteiger partial charge in [0.1, 0.15) is 0 Å². The normalized spacial score (nSPS) is 23.2. The zero-order valence-corrected chi connectivity index (χ0v) is 12.3. The van der Waals surface area contributed by atoms with E-state index < -0.39 is 22.0 Å². The summed E-state index contributed by atoms with van der Waals surface area (Å²) < 4.78 is 26.1. The number of amides is 1. The molecule has 1 aromatic carbocycles. The molecule has 0 bridgehead atoms. The second-order valence-corrected chi connectivity index (χ2v) is 7.07. The van der Waals surface area contributed by atoms with E-state index in [0.717, 1.165) is 13.0 Å². The van der Waals surface area contributed by atoms with E-state index >= 15 is 0 Å². The number of sulfonamides is 1. The van der Waals surface area contributed by atoms with E-state index in [9.17, 15) is 13.2 Å². The zero-order chi connectivity index (χ0) is 14.6. The van der Waals surface area contributed by atoms with Gasteiger partial charge in [0.15, 0.2) is 0 Å². The van der Waals surface area contributed by atoms with Crippen LogP contribution in [0.15, 0.2) is 30.3 Å². The summed E-state index contributed by atoms with van der Waals surface area (Å²) in [4.78, 5) is 12.0. The van der Waals surface area contributed by atoms with E-state index in [1.807, 2.05) is 6.07 Å². The predicted octanol–water partition coefficient (Wildman–Crippen LogP) is 1.02. The van der Waals surface area contributed by atoms with Crippen molar-refractivity contribution in [3.8, 4) is 0 Å². The molecule has 1 heterocycles. The fraction of sp³-hybridized carbons (Fsp3) is 0.500. The minimum Gasteiger partial charge on any atom is -0.306 e. The topological polar surface area (TPSA) is 75.3 Å². The van der Waals surface area contributed by atoms with Crippen LogP contribution in [-0.2, 0) is 20.6 Å². The van der Waals surface area contributed by atoms with Crippen LogP contribution in [0.25, 0.3) is 0 Å². The molecular weight excluding hydrogens is 276 g/mol. The number of hydrogen-bond acceptors (Lipinski definition) is 4. The van der Waals surface area contributed by atoms with E-state index in [-0.39, 0.29) is 5.75 Å². The first-order valence-corrected chi connectivity index (χ1v) is 8.43. The van der Waals surface area contributed by atoms with Crippen molar-refractivity contribution < 1.29 is 13.2 Å². The maximum Gasteiger partial charge on any atom is 0.250 e. The Morgan fingerprint density at radius 3 is 2.70 bits per heavy atom. The molecule has 20 heavy (non-hydrogen) atoms. The van der Waals surface area contributed by atoms with E-state index in [2.05, 4.69) is 17.0 Å². The SMILES string of the molecule is C[C@@H]1CCN[C@@H](C(=O)NS(=O)(=O)Cc2ccccc2)C1. The Labute approximate surface area is 119 Å². The number of piperidine rings is 1. The van der Waals surface area contributed by atoms with Crippen molar-refractivity contribution in [3.05, 3.63) is 35.9 Å². The molecule has 1 amide bonds. The van der Waals surface area contributed by atoms with Crippen LogP contribution in [0.1, 0.15) is 25.3 Å². The van der Waals surface area contributed by atoms with E-state index in [1.54, 1.807) is 24.3 Å². The Balaban J connectivity index is 1.96. The Morgan fingerprint density at radius 1 is 1.35 bits per heavy atom. The van der Waals surface area contributed by atoms with E-state index in [0.29, 0.717) is 17.9 Å². The molecule has 1 saturated heterocycles. The number of nitrogens with one attached hydrogen (secondary N) is 2. The molecule has 110 valence electrons. The quantitative estimate of drug-likeness (QED) is 0.870. The number of benzene rings is 1. The van der Waals surface area contributed by atoms with Crippen molar-refractivity contribution in [2.24, 2.45) is 5.92 Å². The third-order valence-electron chi connectivity index (χ3n) is 3.44. The Bertz CT molecular complexity index is 557. The number of hydrogen-bond donors (Lipinski definition) is 2. The lowest BCUT2D eigenvalue weighted by Gasteiger charge is -2.27. The summed E-state index contributed by atoms with van der Waals surface area (Å²) in [5, 5.41) is 3.06. The van der Waals surface area contributed by atoms with Gasteiger partial charge in [0.05, 0.1) is 11.8 Å². The zero-order valence-electron chi connectivity index (χ0n) is 11.5. The van der Waals surface area contributed by atoms with Crippen LogP contribution in [0.5, 0.6) is 0 Å². The summed E-state index contributed by atoms with van der Waals surface area (Å²) >= 11 is 0. The average Bonchev–Trinajstić information content (AvgIpc) is 2.38. The van der Waals surface area contributed by atoms with Crippen LogP contribution in [-0.4, -0.2) is 26.9 Å². The molecule has 2 rings (SSSR count). The van der Waals surface area contributed by atoms with Gasteiger partial charge in [0, 0.05) is 0 Å². The summed E-state index contributed by atoms with van der Waals surface area (Å²) in [5.41, 5.74) is 0.665. The molecule has 1 fully saturated rings. The van der Waals surface area contributed by atoms with Gasteiger partial charge < -0.3 is 5.32 Å². The minimum atomic E-state index is -3.64. The number of rotatable bonds is 4. The second-order valence-electron chi connectivity index (χ2n) is 5.35. The molecule has 2 N–H and O–H groups in total. The van der Waals surface area contributed by atoms with Gasteiger partial charge in [-0.3, -0.25) is 9.52 Å². The van der Waals surface area contributed by atoms with Gasteiger partial charge in [-0.1, -0.05) is 37.3 Å². The van der Waals surface area contributed by atoms with Gasteiger partial charge >= 0.3 is 0 Å². The molecule has 0 saturated carbocycles. The first-order chi connectivity index (χ1) is 9.46. The van der Waals surface area contributed by atoms with Gasteiger partial charge in [-0.05, 0) is 30.9 Å². The van der Waals surface area contributed by atoms with Gasteiger partial charge in [0.25, 0.3) is 5.91 Å². The van der Waals surface area contributed by atoms with Crippen molar-refractivity contribution >= 4 is 15.9 Å². The highest BCUT2D eigenvalue weighted by molar-refractivity contribution is 7.89. The molecule has 0 radical (unpaired) electrons. The molecule has 0 aromatic heterocycles. The largest absolute Gasteiger partial charge is 0.306 e. The minimum absolute atomic E-state index is 0.179. The highest BCUT2D eigenvalue weighted by atomic mass is 32.2. The monoisotopic (exact) mass is 296 g/mol. The molecule has 1 aliphatic heterocycles.